The number of hydrogen-bond donors (Lipinski definition) is 8. The number of benzene rings is 8. The van der Waals surface area contributed by atoms with Crippen molar-refractivity contribution in [2.24, 2.45) is 0 Å². The van der Waals surface area contributed by atoms with E-state index in [1.807, 2.05) is 218 Å². The van der Waals surface area contributed by atoms with E-state index in [-0.39, 0.29) is 21.7 Å². The van der Waals surface area contributed by atoms with Crippen molar-refractivity contribution in [3.05, 3.63) is 259 Å². The first-order chi connectivity index (χ1) is 38.4. The van der Waals surface area contributed by atoms with Crippen molar-refractivity contribution in [2.45, 2.75) is 0 Å². The van der Waals surface area contributed by atoms with Crippen molar-refractivity contribution in [3.8, 4) is 0 Å². The van der Waals surface area contributed by atoms with Gasteiger partial charge in [-0.25, -0.2) is 0 Å². The lowest BCUT2D eigenvalue weighted by Crippen LogP contribution is -1.99. The topological polar surface area (TPSA) is 230 Å². The van der Waals surface area contributed by atoms with Gasteiger partial charge < -0.3 is 40.9 Å². The molecule has 8 N–H and O–H groups in total. The molecule has 2 heterocycles. The van der Waals surface area contributed by atoms with Crippen LogP contribution in [0.5, 0.6) is 0 Å². The molecule has 14 heteroatoms. The van der Waals surface area contributed by atoms with Gasteiger partial charge in [0, 0.05) is 119 Å². The van der Waals surface area contributed by atoms with Gasteiger partial charge in [0.25, 0.3) is 0 Å². The highest BCUT2D eigenvalue weighted by Gasteiger charge is 2.06. The van der Waals surface area contributed by atoms with Crippen molar-refractivity contribution in [3.63, 3.8) is 0 Å². The molecule has 0 radical (unpaired) electrons. The third kappa shape index (κ3) is 18.1. The fraction of sp³-hybridized carbons (Fsp3) is 0.125. The van der Waals surface area contributed by atoms with Crippen LogP contribution in [0.15, 0.2) is 238 Å². The zero-order chi connectivity index (χ0) is 58.4. The Labute approximate surface area is 460 Å². The highest BCUT2D eigenvalue weighted by atomic mass is 32.1. The van der Waals surface area contributed by atoms with E-state index >= 15 is 0 Å². The summed E-state index contributed by atoms with van der Waals surface area (Å²) in [5, 5.41) is 66.4. The van der Waals surface area contributed by atoms with E-state index in [0.717, 1.165) is 140 Å². The van der Waals surface area contributed by atoms with E-state index < -0.39 is 0 Å². The van der Waals surface area contributed by atoms with Gasteiger partial charge in [0.2, 0.25) is 0 Å². The van der Waals surface area contributed by atoms with Crippen LogP contribution in [0.2, 0.25) is 0 Å². The average Bonchev–Trinajstić information content (AvgIpc) is 3.79. The molecule has 408 valence electrons. The molecule has 0 saturated carbocycles. The highest BCUT2D eigenvalue weighted by Crippen LogP contribution is 2.25. The lowest BCUT2D eigenvalue weighted by atomic mass is 10.1. The second-order valence-corrected chi connectivity index (χ2v) is 16.7. The summed E-state index contributed by atoms with van der Waals surface area (Å²) in [6, 6.07) is 69.8. The first-order valence-corrected chi connectivity index (χ1v) is 25.3. The summed E-state index contributed by atoms with van der Waals surface area (Å²) in [7, 11) is 8.00. The largest absolute Gasteiger partial charge is 0.400 e. The van der Waals surface area contributed by atoms with Crippen LogP contribution in [-0.2, 0) is 0 Å². The molecule has 0 amide bonds. The summed E-state index contributed by atoms with van der Waals surface area (Å²) < 4.78 is 4.23. The summed E-state index contributed by atoms with van der Waals surface area (Å²) in [5.74, 6) is 0. The van der Waals surface area contributed by atoms with Crippen LogP contribution in [0.4, 0.5) is 0 Å². The lowest BCUT2D eigenvalue weighted by Gasteiger charge is -1.99. The summed E-state index contributed by atoms with van der Waals surface area (Å²) in [5.41, 5.74) is 0.493. The Bertz CT molecular complexity index is 3410. The van der Waals surface area contributed by atoms with Gasteiger partial charge in [-0.15, -0.1) is 22.7 Å². The van der Waals surface area contributed by atoms with Gasteiger partial charge in [0.1, 0.15) is 0 Å². The van der Waals surface area contributed by atoms with Gasteiger partial charge in [-0.2, -0.15) is 0 Å². The SMILES string of the molecule is CO.CO.CO.CO.CO.CO.CO.CO.O=c1c2ccccc2ccc2ccccc12.O=c1c2ccccc2ccc2ccccc12.O=c1c2ccccc2sc2ccccc12.O=c1c2ccccc2sc2ccccc12. The zero-order valence-corrected chi connectivity index (χ0v) is 46.4. The van der Waals surface area contributed by atoms with Crippen LogP contribution in [-0.4, -0.2) is 97.7 Å². The summed E-state index contributed by atoms with van der Waals surface area (Å²) >= 11 is 3.33. The molecule has 0 atom stereocenters. The maximum Gasteiger partial charge on any atom is 0.195 e. The Balaban J connectivity index is 0.000000478. The minimum absolute atomic E-state index is 0.108. The van der Waals surface area contributed by atoms with E-state index in [1.54, 1.807) is 22.7 Å². The molecule has 12 rings (SSSR count). The smallest absolute Gasteiger partial charge is 0.195 e. The molecule has 0 spiro atoms. The van der Waals surface area contributed by atoms with Crippen molar-refractivity contribution in [2.75, 3.05) is 56.9 Å². The number of aliphatic hydroxyl groups is 8. The quantitative estimate of drug-likeness (QED) is 0.0664. The van der Waals surface area contributed by atoms with Crippen molar-refractivity contribution in [1.29, 1.82) is 0 Å². The Kier molecular flexibility index (Phi) is 34.4. The molecular formula is C64H68O12S2. The molecule has 0 fully saturated rings. The van der Waals surface area contributed by atoms with Gasteiger partial charge in [-0.1, -0.05) is 170 Å². The predicted molar refractivity (Wildman–Crippen MR) is 332 cm³/mol. The van der Waals surface area contributed by atoms with E-state index in [2.05, 4.69) is 0 Å². The third-order valence-corrected chi connectivity index (χ3v) is 13.0. The molecule has 78 heavy (non-hydrogen) atoms. The molecule has 12 nitrogen and oxygen atoms in total. The third-order valence-electron chi connectivity index (χ3n) is 10.7. The molecule has 0 aliphatic rings. The Morgan fingerprint density at radius 3 is 0.526 bits per heavy atom. The Hall–Kier alpha value is -7.96. The number of hydrogen-bond acceptors (Lipinski definition) is 14. The average molecular weight is 1090 g/mol. The monoisotopic (exact) mass is 1090 g/mol. The minimum atomic E-state index is 0.108. The van der Waals surface area contributed by atoms with Crippen LogP contribution >= 0.6 is 22.7 Å². The van der Waals surface area contributed by atoms with Crippen LogP contribution in [0.25, 0.3) is 83.4 Å². The summed E-state index contributed by atoms with van der Waals surface area (Å²) in [6.07, 6.45) is 0. The maximum atomic E-state index is 12.3. The normalized spacial score (nSPS) is 9.23. The number of fused-ring (bicyclic) bond motifs is 8. The van der Waals surface area contributed by atoms with Crippen LogP contribution in [0, 0.1) is 0 Å². The second kappa shape index (κ2) is 39.4. The maximum absolute atomic E-state index is 12.3. The molecule has 10 aromatic carbocycles. The Morgan fingerprint density at radius 2 is 0.333 bits per heavy atom. The van der Waals surface area contributed by atoms with E-state index in [4.69, 9.17) is 40.9 Å². The minimum Gasteiger partial charge on any atom is -0.400 e. The molecule has 0 aliphatic heterocycles. The lowest BCUT2D eigenvalue weighted by molar-refractivity contribution is 0.399. The zero-order valence-electron chi connectivity index (χ0n) is 44.8. The van der Waals surface area contributed by atoms with Gasteiger partial charge in [-0.05, 0) is 70.1 Å². The fourth-order valence-corrected chi connectivity index (χ4v) is 9.69. The molecule has 0 aliphatic carbocycles. The number of rotatable bonds is 0. The molecule has 0 bridgehead atoms. The second-order valence-electron chi connectivity index (χ2n) is 14.5. The van der Waals surface area contributed by atoms with Crippen molar-refractivity contribution >= 4 is 106 Å². The van der Waals surface area contributed by atoms with Crippen LogP contribution in [0.3, 0.4) is 0 Å². The molecule has 0 saturated heterocycles. The highest BCUT2D eigenvalue weighted by molar-refractivity contribution is 7.24. The first-order valence-electron chi connectivity index (χ1n) is 23.7. The van der Waals surface area contributed by atoms with Gasteiger partial charge >= 0.3 is 0 Å². The number of aliphatic hydroxyl groups excluding tert-OH is 8. The fourth-order valence-electron chi connectivity index (χ4n) is 7.55. The molecular weight excluding hydrogens is 1020 g/mol. The predicted octanol–water partition coefficient (Wildman–Crippen LogP) is 10.4. The van der Waals surface area contributed by atoms with E-state index in [9.17, 15) is 19.2 Å². The van der Waals surface area contributed by atoms with E-state index in [0.29, 0.717) is 0 Å². The standard InChI is InChI=1S/2C15H10O.2C13H8OS.8CH4O/c2*16-15-13-7-3-1-5-11(13)9-10-12-6-2-4-8-14(12)15;2*14-13-9-5-1-3-7-11(9)15-12-8-4-2-6-10(12)13;8*1-2/h2*1-10H;2*1-8H;8*2H,1H3. The molecule has 2 aromatic heterocycles. The van der Waals surface area contributed by atoms with E-state index in [1.165, 1.54) is 0 Å². The van der Waals surface area contributed by atoms with Crippen LogP contribution < -0.4 is 21.7 Å². The Morgan fingerprint density at radius 1 is 0.192 bits per heavy atom. The van der Waals surface area contributed by atoms with Crippen LogP contribution in [0.1, 0.15) is 0 Å². The first kappa shape index (κ1) is 68.1. The van der Waals surface area contributed by atoms with Crippen molar-refractivity contribution in [1.82, 2.24) is 0 Å². The molecule has 12 aromatic rings. The van der Waals surface area contributed by atoms with Gasteiger partial charge in [0.15, 0.2) is 21.7 Å². The van der Waals surface area contributed by atoms with Gasteiger partial charge in [0.05, 0.1) is 0 Å². The summed E-state index contributed by atoms with van der Waals surface area (Å²) in [6.45, 7) is 0. The van der Waals surface area contributed by atoms with Gasteiger partial charge in [-0.3, -0.25) is 19.2 Å². The van der Waals surface area contributed by atoms with Crippen molar-refractivity contribution < 1.29 is 40.9 Å². The summed E-state index contributed by atoms with van der Waals surface area (Å²) in [4.78, 5) is 48.8. The molecule has 0 unspecified atom stereocenters.